The topological polar surface area (TPSA) is 89.8 Å². The van der Waals surface area contributed by atoms with Crippen molar-refractivity contribution in [2.24, 2.45) is 0 Å². The fourth-order valence-corrected chi connectivity index (χ4v) is 3.96. The molecule has 0 aromatic carbocycles. The van der Waals surface area contributed by atoms with Crippen molar-refractivity contribution in [3.05, 3.63) is 47.9 Å². The average molecular weight is 321 g/mol. The van der Waals surface area contributed by atoms with Crippen molar-refractivity contribution >= 4 is 27.2 Å². The quantitative estimate of drug-likeness (QED) is 0.792. The van der Waals surface area contributed by atoms with Crippen molar-refractivity contribution in [2.75, 3.05) is 4.72 Å². The zero-order valence-corrected chi connectivity index (χ0v) is 12.6. The third-order valence-electron chi connectivity index (χ3n) is 2.61. The standard InChI is InChI=1S/C12H11N5O2S2/c1-9-3-4-12(20-9)21(18,19)16-10-7-11(14-8-13-10)17-6-2-5-15-17/h2-8H,1H3,(H,13,14,16). The fourth-order valence-electron chi connectivity index (χ4n) is 1.68. The van der Waals surface area contributed by atoms with Gasteiger partial charge in [0, 0.05) is 23.3 Å². The molecule has 0 atom stereocenters. The monoisotopic (exact) mass is 321 g/mol. The Kier molecular flexibility index (Phi) is 3.43. The predicted octanol–water partition coefficient (Wildman–Crippen LogP) is 1.83. The van der Waals surface area contributed by atoms with Gasteiger partial charge < -0.3 is 0 Å². The van der Waals surface area contributed by atoms with Gasteiger partial charge in [0.15, 0.2) is 5.82 Å². The summed E-state index contributed by atoms with van der Waals surface area (Å²) in [5.41, 5.74) is 0. The van der Waals surface area contributed by atoms with Gasteiger partial charge in [-0.3, -0.25) is 4.72 Å². The number of aromatic nitrogens is 4. The zero-order valence-electron chi connectivity index (χ0n) is 11.0. The molecule has 0 saturated carbocycles. The second-order valence-corrected chi connectivity index (χ2v) is 7.38. The molecule has 3 heterocycles. The van der Waals surface area contributed by atoms with Crippen LogP contribution in [0.5, 0.6) is 0 Å². The van der Waals surface area contributed by atoms with Crippen molar-refractivity contribution in [2.45, 2.75) is 11.1 Å². The van der Waals surface area contributed by atoms with Gasteiger partial charge in [-0.25, -0.2) is 23.1 Å². The van der Waals surface area contributed by atoms with Crippen LogP contribution >= 0.6 is 11.3 Å². The molecule has 108 valence electrons. The first-order valence-electron chi connectivity index (χ1n) is 5.96. The largest absolute Gasteiger partial charge is 0.272 e. The lowest BCUT2D eigenvalue weighted by molar-refractivity contribution is 0.603. The number of nitrogens with one attached hydrogen (secondary N) is 1. The molecule has 3 aromatic heterocycles. The average Bonchev–Trinajstić information content (AvgIpc) is 3.09. The first kappa shape index (κ1) is 13.7. The number of thiophene rings is 1. The lowest BCUT2D eigenvalue weighted by atomic mass is 10.5. The number of hydrogen-bond donors (Lipinski definition) is 1. The van der Waals surface area contributed by atoms with Crippen LogP contribution in [0.15, 0.2) is 47.2 Å². The summed E-state index contributed by atoms with van der Waals surface area (Å²) in [4.78, 5) is 8.90. The molecule has 0 spiro atoms. The Labute approximate surface area is 125 Å². The van der Waals surface area contributed by atoms with Crippen LogP contribution in [0, 0.1) is 6.92 Å². The van der Waals surface area contributed by atoms with Crippen LogP contribution in [0.1, 0.15) is 4.88 Å². The van der Waals surface area contributed by atoms with Crippen LogP contribution in [0.4, 0.5) is 5.82 Å². The van der Waals surface area contributed by atoms with E-state index in [-0.39, 0.29) is 10.0 Å². The molecule has 0 aliphatic carbocycles. The second-order valence-electron chi connectivity index (χ2n) is 4.18. The van der Waals surface area contributed by atoms with Gasteiger partial charge in [-0.1, -0.05) is 0 Å². The molecule has 0 aliphatic heterocycles. The van der Waals surface area contributed by atoms with Crippen LogP contribution in [0.3, 0.4) is 0 Å². The van der Waals surface area contributed by atoms with Crippen molar-refractivity contribution < 1.29 is 8.42 Å². The molecule has 0 radical (unpaired) electrons. The van der Waals surface area contributed by atoms with Crippen LogP contribution in [-0.2, 0) is 10.0 Å². The van der Waals surface area contributed by atoms with Gasteiger partial charge >= 0.3 is 0 Å². The first-order chi connectivity index (χ1) is 10.0. The summed E-state index contributed by atoms with van der Waals surface area (Å²) in [7, 11) is -3.63. The molecule has 1 N–H and O–H groups in total. The maximum Gasteiger partial charge on any atom is 0.272 e. The molecular formula is C12H11N5O2S2. The summed E-state index contributed by atoms with van der Waals surface area (Å²) in [6.45, 7) is 1.85. The van der Waals surface area contributed by atoms with Gasteiger partial charge in [-0.2, -0.15) is 5.10 Å². The lowest BCUT2D eigenvalue weighted by Gasteiger charge is -2.06. The first-order valence-corrected chi connectivity index (χ1v) is 8.26. The van der Waals surface area contributed by atoms with E-state index >= 15 is 0 Å². The third-order valence-corrected chi connectivity index (χ3v) is 5.46. The van der Waals surface area contributed by atoms with Gasteiger partial charge in [0.2, 0.25) is 0 Å². The minimum atomic E-state index is -3.63. The molecule has 3 rings (SSSR count). The predicted molar refractivity (Wildman–Crippen MR) is 79.0 cm³/mol. The fraction of sp³-hybridized carbons (Fsp3) is 0.0833. The Morgan fingerprint density at radius 1 is 1.29 bits per heavy atom. The number of sulfonamides is 1. The van der Waals surface area contributed by atoms with E-state index in [0.717, 1.165) is 4.88 Å². The van der Waals surface area contributed by atoms with Crippen molar-refractivity contribution in [3.63, 3.8) is 0 Å². The summed E-state index contributed by atoms with van der Waals surface area (Å²) in [5, 5.41) is 4.04. The zero-order chi connectivity index (χ0) is 14.9. The molecule has 0 fully saturated rings. The number of rotatable bonds is 4. The van der Waals surface area contributed by atoms with E-state index in [2.05, 4.69) is 19.8 Å². The SMILES string of the molecule is Cc1ccc(S(=O)(=O)Nc2cc(-n3cccn3)ncn2)s1. The number of nitrogens with zero attached hydrogens (tertiary/aromatic N) is 4. The van der Waals surface area contributed by atoms with Crippen molar-refractivity contribution in [1.82, 2.24) is 19.7 Å². The van der Waals surface area contributed by atoms with E-state index in [0.29, 0.717) is 5.82 Å². The van der Waals surface area contributed by atoms with Gasteiger partial charge in [0.05, 0.1) is 0 Å². The highest BCUT2D eigenvalue weighted by Gasteiger charge is 2.17. The maximum absolute atomic E-state index is 12.2. The molecule has 0 unspecified atom stereocenters. The number of hydrogen-bond acceptors (Lipinski definition) is 6. The van der Waals surface area contributed by atoms with Crippen LogP contribution in [0.25, 0.3) is 5.82 Å². The molecule has 7 nitrogen and oxygen atoms in total. The van der Waals surface area contributed by atoms with Crippen LogP contribution in [0.2, 0.25) is 0 Å². The Bertz CT molecular complexity index is 855. The normalized spacial score (nSPS) is 11.5. The summed E-state index contributed by atoms with van der Waals surface area (Å²) in [5.74, 6) is 0.677. The summed E-state index contributed by atoms with van der Waals surface area (Å²) in [6.07, 6.45) is 4.61. The van der Waals surface area contributed by atoms with E-state index in [9.17, 15) is 8.42 Å². The van der Waals surface area contributed by atoms with Crippen LogP contribution < -0.4 is 4.72 Å². The molecule has 21 heavy (non-hydrogen) atoms. The Balaban J connectivity index is 1.90. The third kappa shape index (κ3) is 2.93. The van der Waals surface area contributed by atoms with Crippen molar-refractivity contribution in [3.8, 4) is 5.82 Å². The van der Waals surface area contributed by atoms with E-state index in [1.807, 2.05) is 6.92 Å². The molecule has 0 aliphatic rings. The van der Waals surface area contributed by atoms with Crippen molar-refractivity contribution in [1.29, 1.82) is 0 Å². The van der Waals surface area contributed by atoms with Gasteiger partial charge in [0.1, 0.15) is 16.4 Å². The number of anilines is 1. The Morgan fingerprint density at radius 2 is 2.14 bits per heavy atom. The van der Waals surface area contributed by atoms with Gasteiger partial charge in [-0.05, 0) is 25.1 Å². The maximum atomic E-state index is 12.2. The molecule has 9 heteroatoms. The van der Waals surface area contributed by atoms with E-state index < -0.39 is 10.0 Å². The number of aryl methyl sites for hydroxylation is 1. The molecule has 0 saturated heterocycles. The summed E-state index contributed by atoms with van der Waals surface area (Å²) in [6, 6.07) is 6.59. The highest BCUT2D eigenvalue weighted by molar-refractivity contribution is 7.94. The smallest absolute Gasteiger partial charge is 0.263 e. The van der Waals surface area contributed by atoms with Gasteiger partial charge in [0.25, 0.3) is 10.0 Å². The van der Waals surface area contributed by atoms with Gasteiger partial charge in [-0.15, -0.1) is 11.3 Å². The Hall–Kier alpha value is -2.26. The van der Waals surface area contributed by atoms with E-state index in [1.54, 1.807) is 30.6 Å². The minimum absolute atomic E-state index is 0.196. The molecule has 0 amide bonds. The molecule has 0 bridgehead atoms. The minimum Gasteiger partial charge on any atom is -0.263 e. The summed E-state index contributed by atoms with van der Waals surface area (Å²) >= 11 is 1.20. The van der Waals surface area contributed by atoms with Crippen LogP contribution in [-0.4, -0.2) is 28.2 Å². The highest BCUT2D eigenvalue weighted by atomic mass is 32.2. The molecular weight excluding hydrogens is 310 g/mol. The highest BCUT2D eigenvalue weighted by Crippen LogP contribution is 2.22. The lowest BCUT2D eigenvalue weighted by Crippen LogP contribution is -2.13. The van der Waals surface area contributed by atoms with E-state index in [4.69, 9.17) is 0 Å². The Morgan fingerprint density at radius 3 is 2.81 bits per heavy atom. The second kappa shape index (κ2) is 5.26. The summed E-state index contributed by atoms with van der Waals surface area (Å²) < 4.78 is 28.7. The van der Waals surface area contributed by atoms with E-state index in [1.165, 1.54) is 28.4 Å². The molecule has 3 aromatic rings.